The average Bonchev–Trinajstić information content (AvgIpc) is 3.29. The fourth-order valence-electron chi connectivity index (χ4n) is 2.85. The third-order valence-electron chi connectivity index (χ3n) is 4.17. The zero-order valence-electron chi connectivity index (χ0n) is 11.9. The van der Waals surface area contributed by atoms with Gasteiger partial charge in [0.15, 0.2) is 0 Å². The first-order valence-electron chi connectivity index (χ1n) is 7.58. The summed E-state index contributed by atoms with van der Waals surface area (Å²) in [4.78, 5) is 5.87. The average molecular weight is 299 g/mol. The minimum absolute atomic E-state index is 0.246. The summed E-state index contributed by atoms with van der Waals surface area (Å²) in [5.74, 6) is 0.451. The molecule has 0 radical (unpaired) electrons. The van der Waals surface area contributed by atoms with Gasteiger partial charge in [0.25, 0.3) is 0 Å². The molecule has 2 fully saturated rings. The topological polar surface area (TPSA) is 28.2 Å². The molecule has 21 heavy (non-hydrogen) atoms. The minimum atomic E-state index is -4.38. The maximum atomic E-state index is 12.8. The van der Waals surface area contributed by atoms with Crippen molar-refractivity contribution >= 4 is 5.82 Å². The summed E-state index contributed by atoms with van der Waals surface area (Å²) >= 11 is 0. The first-order chi connectivity index (χ1) is 10.0. The highest BCUT2D eigenvalue weighted by Gasteiger charge is 2.34. The standard InChI is InChI=1S/C15H20F3N3/c16-15(17,18)13-5-3-6-14(20-13)21-9-2-1-4-12(21)10-19-11-7-8-11/h3,5-6,11-12,19H,1-2,4,7-10H2. The maximum Gasteiger partial charge on any atom is 0.433 e. The molecule has 3 nitrogen and oxygen atoms in total. The Kier molecular flexibility index (Phi) is 4.06. The van der Waals surface area contributed by atoms with Crippen LogP contribution in [0.5, 0.6) is 0 Å². The fraction of sp³-hybridized carbons (Fsp3) is 0.667. The van der Waals surface area contributed by atoms with E-state index in [1.165, 1.54) is 18.9 Å². The van der Waals surface area contributed by atoms with Crippen LogP contribution in [0.15, 0.2) is 18.2 Å². The second-order valence-corrected chi connectivity index (χ2v) is 5.90. The maximum absolute atomic E-state index is 12.8. The summed E-state index contributed by atoms with van der Waals surface area (Å²) in [6, 6.07) is 5.03. The number of hydrogen-bond donors (Lipinski definition) is 1. The van der Waals surface area contributed by atoms with Crippen LogP contribution in [0.2, 0.25) is 0 Å². The zero-order chi connectivity index (χ0) is 14.9. The van der Waals surface area contributed by atoms with Gasteiger partial charge in [-0.3, -0.25) is 0 Å². The van der Waals surface area contributed by atoms with Crippen molar-refractivity contribution < 1.29 is 13.2 Å². The molecule has 1 saturated carbocycles. The smallest absolute Gasteiger partial charge is 0.352 e. The van der Waals surface area contributed by atoms with Gasteiger partial charge in [0.05, 0.1) is 0 Å². The Labute approximate surface area is 122 Å². The van der Waals surface area contributed by atoms with E-state index in [0.717, 1.165) is 38.4 Å². The van der Waals surface area contributed by atoms with E-state index in [0.29, 0.717) is 11.9 Å². The first kappa shape index (κ1) is 14.6. The molecule has 116 valence electrons. The van der Waals surface area contributed by atoms with Gasteiger partial charge < -0.3 is 10.2 Å². The van der Waals surface area contributed by atoms with Crippen LogP contribution in [0.25, 0.3) is 0 Å². The lowest BCUT2D eigenvalue weighted by Crippen LogP contribution is -2.46. The van der Waals surface area contributed by atoms with Crippen molar-refractivity contribution in [3.05, 3.63) is 23.9 Å². The fourth-order valence-corrected chi connectivity index (χ4v) is 2.85. The molecule has 1 atom stereocenters. The lowest BCUT2D eigenvalue weighted by Gasteiger charge is -2.37. The summed E-state index contributed by atoms with van der Waals surface area (Å²) in [5.41, 5.74) is -0.806. The van der Waals surface area contributed by atoms with E-state index in [4.69, 9.17) is 0 Å². The van der Waals surface area contributed by atoms with Gasteiger partial charge in [-0.25, -0.2) is 4.98 Å². The second kappa shape index (κ2) is 5.83. The van der Waals surface area contributed by atoms with Gasteiger partial charge in [-0.15, -0.1) is 0 Å². The van der Waals surface area contributed by atoms with Crippen molar-refractivity contribution in [1.29, 1.82) is 0 Å². The molecule has 1 unspecified atom stereocenters. The quantitative estimate of drug-likeness (QED) is 0.925. The molecular formula is C15H20F3N3. The molecule has 1 N–H and O–H groups in total. The highest BCUT2D eigenvalue weighted by molar-refractivity contribution is 5.41. The van der Waals surface area contributed by atoms with E-state index >= 15 is 0 Å². The number of aromatic nitrogens is 1. The number of rotatable bonds is 4. The van der Waals surface area contributed by atoms with Gasteiger partial charge in [0.2, 0.25) is 0 Å². The third-order valence-corrected chi connectivity index (χ3v) is 4.17. The lowest BCUT2D eigenvalue weighted by atomic mass is 10.0. The number of nitrogens with zero attached hydrogens (tertiary/aromatic N) is 2. The van der Waals surface area contributed by atoms with Crippen LogP contribution in [0.1, 0.15) is 37.8 Å². The van der Waals surface area contributed by atoms with E-state index < -0.39 is 11.9 Å². The van der Waals surface area contributed by atoms with Crippen LogP contribution in [-0.2, 0) is 6.18 Å². The number of halogens is 3. The monoisotopic (exact) mass is 299 g/mol. The molecule has 0 amide bonds. The molecule has 1 saturated heterocycles. The van der Waals surface area contributed by atoms with Crippen molar-refractivity contribution in [3.8, 4) is 0 Å². The van der Waals surface area contributed by atoms with Crippen LogP contribution in [-0.4, -0.2) is 30.2 Å². The van der Waals surface area contributed by atoms with Crippen molar-refractivity contribution in [3.63, 3.8) is 0 Å². The predicted octanol–water partition coefficient (Wildman–Crippen LogP) is 3.21. The Hall–Kier alpha value is -1.30. The van der Waals surface area contributed by atoms with E-state index in [1.54, 1.807) is 6.07 Å². The van der Waals surface area contributed by atoms with E-state index in [9.17, 15) is 13.2 Å². The van der Waals surface area contributed by atoms with Crippen molar-refractivity contribution in [2.75, 3.05) is 18.0 Å². The van der Waals surface area contributed by atoms with Crippen molar-refractivity contribution in [2.45, 2.75) is 50.4 Å². The van der Waals surface area contributed by atoms with Gasteiger partial charge in [0.1, 0.15) is 11.5 Å². The molecule has 1 aromatic rings. The summed E-state index contributed by atoms with van der Waals surface area (Å²) in [7, 11) is 0. The highest BCUT2D eigenvalue weighted by atomic mass is 19.4. The van der Waals surface area contributed by atoms with Crippen LogP contribution in [0, 0.1) is 0 Å². The van der Waals surface area contributed by atoms with Gasteiger partial charge in [0, 0.05) is 25.2 Å². The van der Waals surface area contributed by atoms with Gasteiger partial charge >= 0.3 is 6.18 Å². The summed E-state index contributed by atoms with van der Waals surface area (Å²) in [6.45, 7) is 1.62. The van der Waals surface area contributed by atoms with Crippen molar-refractivity contribution in [2.24, 2.45) is 0 Å². The molecule has 0 spiro atoms. The molecule has 2 aliphatic rings. The Morgan fingerprint density at radius 3 is 2.71 bits per heavy atom. The number of piperidine rings is 1. The third kappa shape index (κ3) is 3.67. The van der Waals surface area contributed by atoms with Gasteiger partial charge in [-0.05, 0) is 44.2 Å². The minimum Gasteiger partial charge on any atom is -0.352 e. The van der Waals surface area contributed by atoms with E-state index in [-0.39, 0.29) is 6.04 Å². The normalized spacial score (nSPS) is 23.4. The number of hydrogen-bond acceptors (Lipinski definition) is 3. The number of anilines is 1. The van der Waals surface area contributed by atoms with Crippen LogP contribution in [0.3, 0.4) is 0 Å². The molecule has 1 aliphatic heterocycles. The second-order valence-electron chi connectivity index (χ2n) is 5.90. The van der Waals surface area contributed by atoms with Crippen molar-refractivity contribution in [1.82, 2.24) is 10.3 Å². The van der Waals surface area contributed by atoms with E-state index in [2.05, 4.69) is 10.3 Å². The SMILES string of the molecule is FC(F)(F)c1cccc(N2CCCCC2CNC2CC2)n1. The molecule has 3 rings (SSSR count). The molecule has 6 heteroatoms. The Balaban J connectivity index is 1.75. The molecular weight excluding hydrogens is 279 g/mol. The molecule has 1 aromatic heterocycles. The van der Waals surface area contributed by atoms with Crippen LogP contribution < -0.4 is 10.2 Å². The molecule has 2 heterocycles. The lowest BCUT2D eigenvalue weighted by molar-refractivity contribution is -0.141. The Bertz CT molecular complexity index is 485. The van der Waals surface area contributed by atoms with Crippen LogP contribution in [0.4, 0.5) is 19.0 Å². The summed E-state index contributed by atoms with van der Waals surface area (Å²) in [6.07, 6.45) is 1.21. The Morgan fingerprint density at radius 1 is 1.19 bits per heavy atom. The van der Waals surface area contributed by atoms with Gasteiger partial charge in [-0.2, -0.15) is 13.2 Å². The van der Waals surface area contributed by atoms with Crippen LogP contribution >= 0.6 is 0 Å². The highest BCUT2D eigenvalue weighted by Crippen LogP contribution is 2.30. The Morgan fingerprint density at radius 2 is 2.00 bits per heavy atom. The first-order valence-corrected chi connectivity index (χ1v) is 7.58. The number of pyridine rings is 1. The molecule has 0 aromatic carbocycles. The number of alkyl halides is 3. The van der Waals surface area contributed by atoms with Gasteiger partial charge in [-0.1, -0.05) is 6.07 Å². The number of nitrogens with one attached hydrogen (secondary N) is 1. The predicted molar refractivity (Wildman–Crippen MR) is 75.2 cm³/mol. The van der Waals surface area contributed by atoms with E-state index in [1.807, 2.05) is 4.90 Å². The summed E-state index contributed by atoms with van der Waals surface area (Å²) in [5, 5.41) is 3.48. The summed E-state index contributed by atoms with van der Waals surface area (Å²) < 4.78 is 38.4. The zero-order valence-corrected chi connectivity index (χ0v) is 11.9. The molecule has 1 aliphatic carbocycles. The molecule has 0 bridgehead atoms. The largest absolute Gasteiger partial charge is 0.433 e.